The van der Waals surface area contributed by atoms with E-state index in [1.54, 1.807) is 26.0 Å². The minimum atomic E-state index is -1.93. The summed E-state index contributed by atoms with van der Waals surface area (Å²) in [5, 5.41) is 4.05. The predicted molar refractivity (Wildman–Crippen MR) is 160 cm³/mol. The number of nitrogens with zero attached hydrogens (tertiary/aromatic N) is 2. The van der Waals surface area contributed by atoms with Crippen LogP contribution in [0, 0.1) is 0 Å². The molecular weight excluding hydrogens is 491 g/mol. The van der Waals surface area contributed by atoms with Crippen LogP contribution in [0.2, 0.25) is 0 Å². The first-order valence-electron chi connectivity index (χ1n) is 13.3. The van der Waals surface area contributed by atoms with Gasteiger partial charge in [0.1, 0.15) is 34.8 Å². The molecule has 0 aliphatic carbocycles. The van der Waals surface area contributed by atoms with E-state index in [9.17, 15) is 9.59 Å². The minimum Gasteiger partial charge on any atom is -0.444 e. The van der Waals surface area contributed by atoms with E-state index in [1.807, 2.05) is 20.8 Å². The zero-order chi connectivity index (χ0) is 27.8. The molecule has 0 N–H and O–H groups in total. The first-order chi connectivity index (χ1) is 18.1. The van der Waals surface area contributed by atoms with Gasteiger partial charge in [0.15, 0.2) is 0 Å². The van der Waals surface area contributed by atoms with Gasteiger partial charge in [-0.15, -0.1) is 0 Å². The Morgan fingerprint density at radius 3 is 1.53 bits per heavy atom. The molecule has 0 saturated heterocycles. The van der Waals surface area contributed by atoms with Crippen LogP contribution in [0.1, 0.15) is 40.0 Å². The van der Waals surface area contributed by atoms with Gasteiger partial charge in [-0.3, -0.25) is 9.69 Å². The van der Waals surface area contributed by atoms with Crippen LogP contribution in [-0.2, 0) is 9.53 Å². The maximum atomic E-state index is 13.1. The Labute approximate surface area is 229 Å². The van der Waals surface area contributed by atoms with Gasteiger partial charge in [-0.1, -0.05) is 54.6 Å². The van der Waals surface area contributed by atoms with Crippen LogP contribution in [0.25, 0.3) is 0 Å². The second kappa shape index (κ2) is 13.1. The number of likely N-dealkylation sites (N-methyl/N-ethyl adjacent to an activating group) is 2. The predicted octanol–water partition coefficient (Wildman–Crippen LogP) is 5.47. The Kier molecular flexibility index (Phi) is 10.1. The molecule has 0 spiro atoms. The molecule has 3 rings (SSSR count). The molecular formula is C32H42N2O3P+. The minimum absolute atomic E-state index is 0.0893. The lowest BCUT2D eigenvalue weighted by molar-refractivity contribution is -0.134. The molecule has 0 fully saturated rings. The van der Waals surface area contributed by atoms with E-state index in [-0.39, 0.29) is 5.91 Å². The number of hydrogen-bond acceptors (Lipinski definition) is 3. The number of carbonyl (C=O) groups excluding carboxylic acids is 2. The van der Waals surface area contributed by atoms with E-state index < -0.39 is 25.0 Å². The molecule has 0 radical (unpaired) electrons. The van der Waals surface area contributed by atoms with Crippen LogP contribution < -0.4 is 15.9 Å². The maximum Gasteiger partial charge on any atom is 0.410 e. The van der Waals surface area contributed by atoms with Crippen molar-refractivity contribution in [2.75, 3.05) is 27.3 Å². The summed E-state index contributed by atoms with van der Waals surface area (Å²) in [5.74, 6) is -0.0893. The van der Waals surface area contributed by atoms with Gasteiger partial charge in [-0.25, -0.2) is 4.79 Å². The average Bonchev–Trinajstić information content (AvgIpc) is 2.91. The van der Waals surface area contributed by atoms with Crippen LogP contribution in [-0.4, -0.2) is 60.7 Å². The highest BCUT2D eigenvalue weighted by Crippen LogP contribution is 2.56. The van der Waals surface area contributed by atoms with Crippen molar-refractivity contribution < 1.29 is 14.3 Å². The molecule has 3 aromatic rings. The third-order valence-corrected chi connectivity index (χ3v) is 11.2. The number of rotatable bonds is 10. The maximum absolute atomic E-state index is 13.1. The molecule has 202 valence electrons. The standard InChI is InChI=1S/C32H42N2O3P/c1-32(2,3)37-31(36)34(6)29(30(35)33(4)5)24-16-17-25-38(26-18-10-7-11-19-26,27-20-12-8-13-21-27)28-22-14-9-15-23-28/h7-15,18-23,29H,16-17,24-25H2,1-6H3/q+1. The lowest BCUT2D eigenvalue weighted by atomic mass is 10.1. The third-order valence-electron chi connectivity index (χ3n) is 6.69. The van der Waals surface area contributed by atoms with Crippen molar-refractivity contribution in [3.63, 3.8) is 0 Å². The van der Waals surface area contributed by atoms with Crippen molar-refractivity contribution in [2.45, 2.75) is 51.7 Å². The number of unbranched alkanes of at least 4 members (excludes halogenated alkanes) is 1. The van der Waals surface area contributed by atoms with Crippen molar-refractivity contribution in [2.24, 2.45) is 0 Å². The summed E-state index contributed by atoms with van der Waals surface area (Å²) in [6, 6.07) is 31.9. The molecule has 6 heteroatoms. The van der Waals surface area contributed by atoms with Crippen LogP contribution in [0.15, 0.2) is 91.0 Å². The van der Waals surface area contributed by atoms with Crippen molar-refractivity contribution in [1.29, 1.82) is 0 Å². The largest absolute Gasteiger partial charge is 0.444 e. The molecule has 0 bridgehead atoms. The Morgan fingerprint density at radius 1 is 0.737 bits per heavy atom. The molecule has 5 nitrogen and oxygen atoms in total. The highest BCUT2D eigenvalue weighted by atomic mass is 31.2. The van der Waals surface area contributed by atoms with Crippen LogP contribution >= 0.6 is 7.26 Å². The van der Waals surface area contributed by atoms with E-state index in [0.29, 0.717) is 6.42 Å². The number of ether oxygens (including phenoxy) is 1. The number of carbonyl (C=O) groups is 2. The zero-order valence-corrected chi connectivity index (χ0v) is 24.5. The lowest BCUT2D eigenvalue weighted by Crippen LogP contribution is -2.48. The van der Waals surface area contributed by atoms with Crippen molar-refractivity contribution in [3.8, 4) is 0 Å². The molecule has 1 atom stereocenters. The molecule has 0 saturated carbocycles. The van der Waals surface area contributed by atoms with E-state index in [0.717, 1.165) is 19.0 Å². The quantitative estimate of drug-likeness (QED) is 0.256. The second-order valence-corrected chi connectivity index (χ2v) is 14.5. The van der Waals surface area contributed by atoms with Gasteiger partial charge in [0, 0.05) is 21.1 Å². The fourth-order valence-corrected chi connectivity index (χ4v) is 9.22. The summed E-state index contributed by atoms with van der Waals surface area (Å²) in [6.07, 6.45) is 2.81. The topological polar surface area (TPSA) is 49.9 Å². The smallest absolute Gasteiger partial charge is 0.410 e. The van der Waals surface area contributed by atoms with Gasteiger partial charge >= 0.3 is 6.09 Å². The van der Waals surface area contributed by atoms with E-state index in [1.165, 1.54) is 20.8 Å². The summed E-state index contributed by atoms with van der Waals surface area (Å²) in [5.41, 5.74) is -0.623. The van der Waals surface area contributed by atoms with Gasteiger partial charge in [-0.05, 0) is 76.4 Å². The van der Waals surface area contributed by atoms with Crippen LogP contribution in [0.4, 0.5) is 4.79 Å². The van der Waals surface area contributed by atoms with Crippen molar-refractivity contribution in [1.82, 2.24) is 9.80 Å². The van der Waals surface area contributed by atoms with Crippen LogP contribution in [0.3, 0.4) is 0 Å². The molecule has 0 heterocycles. The first-order valence-corrected chi connectivity index (χ1v) is 15.3. The van der Waals surface area contributed by atoms with Gasteiger partial charge in [0.2, 0.25) is 5.91 Å². The number of benzene rings is 3. The van der Waals surface area contributed by atoms with Gasteiger partial charge < -0.3 is 9.64 Å². The van der Waals surface area contributed by atoms with Gasteiger partial charge in [0.25, 0.3) is 0 Å². The zero-order valence-electron chi connectivity index (χ0n) is 23.6. The SMILES string of the molecule is CN(C)C(=O)C(CCCC[P+](c1ccccc1)(c1ccccc1)c1ccccc1)N(C)C(=O)OC(C)(C)C. The molecule has 2 amide bonds. The van der Waals surface area contributed by atoms with Crippen molar-refractivity contribution >= 4 is 35.2 Å². The molecule has 0 aliphatic rings. The molecule has 0 aromatic heterocycles. The van der Waals surface area contributed by atoms with E-state index in [2.05, 4.69) is 91.0 Å². The first kappa shape index (κ1) is 29.4. The highest BCUT2D eigenvalue weighted by Gasteiger charge is 2.44. The van der Waals surface area contributed by atoms with Crippen LogP contribution in [0.5, 0.6) is 0 Å². The average molecular weight is 534 g/mol. The monoisotopic (exact) mass is 533 g/mol. The summed E-state index contributed by atoms with van der Waals surface area (Å²) in [6.45, 7) is 5.50. The molecule has 1 unspecified atom stereocenters. The summed E-state index contributed by atoms with van der Waals surface area (Å²) in [4.78, 5) is 28.9. The Hall–Kier alpha value is -3.17. The fraction of sp³-hybridized carbons (Fsp3) is 0.375. The normalized spacial score (nSPS) is 12.5. The van der Waals surface area contributed by atoms with Gasteiger partial charge in [0.05, 0.1) is 6.16 Å². The third kappa shape index (κ3) is 7.23. The van der Waals surface area contributed by atoms with Crippen molar-refractivity contribution in [3.05, 3.63) is 91.0 Å². The summed E-state index contributed by atoms with van der Waals surface area (Å²) in [7, 11) is 3.20. The highest BCUT2D eigenvalue weighted by molar-refractivity contribution is 7.95. The summed E-state index contributed by atoms with van der Waals surface area (Å²) >= 11 is 0. The van der Waals surface area contributed by atoms with E-state index in [4.69, 9.17) is 4.74 Å². The second-order valence-electron chi connectivity index (χ2n) is 10.9. The van der Waals surface area contributed by atoms with E-state index >= 15 is 0 Å². The number of amides is 2. The lowest BCUT2D eigenvalue weighted by Gasteiger charge is -2.32. The molecule has 0 aliphatic heterocycles. The van der Waals surface area contributed by atoms with Gasteiger partial charge in [-0.2, -0.15) is 0 Å². The Morgan fingerprint density at radius 2 is 1.16 bits per heavy atom. The molecule has 38 heavy (non-hydrogen) atoms. The molecule has 3 aromatic carbocycles. The Balaban J connectivity index is 1.89. The number of hydrogen-bond donors (Lipinski definition) is 0. The summed E-state index contributed by atoms with van der Waals surface area (Å²) < 4.78 is 5.57. The fourth-order valence-electron chi connectivity index (χ4n) is 4.81. The Bertz CT molecular complexity index is 1060.